The first-order chi connectivity index (χ1) is 13.1. The fraction of sp³-hybridized carbons (Fsp3) is 0.381. The van der Waals surface area contributed by atoms with Gasteiger partial charge in [-0.25, -0.2) is 4.39 Å². The molecule has 4 rings (SSSR count). The minimum atomic E-state index is -0.906. The van der Waals surface area contributed by atoms with Crippen LogP contribution in [0.3, 0.4) is 0 Å². The molecule has 0 saturated carbocycles. The number of benzene rings is 2. The van der Waals surface area contributed by atoms with E-state index in [-0.39, 0.29) is 12.4 Å². The van der Waals surface area contributed by atoms with Crippen LogP contribution in [0.5, 0.6) is 5.75 Å². The smallest absolute Gasteiger partial charge is 0.149 e. The summed E-state index contributed by atoms with van der Waals surface area (Å²) in [6.07, 6.45) is 4.36. The highest BCUT2D eigenvalue weighted by Crippen LogP contribution is 2.36. The van der Waals surface area contributed by atoms with E-state index in [2.05, 4.69) is 9.89 Å². The molecule has 1 saturated heterocycles. The summed E-state index contributed by atoms with van der Waals surface area (Å²) < 4.78 is 19.9. The van der Waals surface area contributed by atoms with Gasteiger partial charge in [0, 0.05) is 24.9 Å². The molecule has 0 atom stereocenters. The number of halogens is 2. The van der Waals surface area contributed by atoms with Crippen LogP contribution in [0.1, 0.15) is 24.8 Å². The molecule has 1 N–H and O–H groups in total. The van der Waals surface area contributed by atoms with Gasteiger partial charge in [-0.3, -0.25) is 4.99 Å². The van der Waals surface area contributed by atoms with E-state index in [9.17, 15) is 9.50 Å². The Morgan fingerprint density at radius 3 is 2.74 bits per heavy atom. The Bertz CT molecular complexity index is 863. The zero-order valence-electron chi connectivity index (χ0n) is 15.0. The molecule has 142 valence electrons. The summed E-state index contributed by atoms with van der Waals surface area (Å²) in [5.74, 6) is 0.283. The molecule has 2 aliphatic heterocycles. The van der Waals surface area contributed by atoms with Gasteiger partial charge in [0.15, 0.2) is 0 Å². The first-order valence-electron chi connectivity index (χ1n) is 9.24. The third-order valence-corrected chi connectivity index (χ3v) is 5.64. The summed E-state index contributed by atoms with van der Waals surface area (Å²) in [6.45, 7) is 1.59. The molecular formula is C21H22ClFN2O2. The van der Waals surface area contributed by atoms with E-state index < -0.39 is 5.60 Å². The highest BCUT2D eigenvalue weighted by atomic mass is 35.5. The molecule has 2 aromatic rings. The maximum absolute atomic E-state index is 13.9. The van der Waals surface area contributed by atoms with Crippen LogP contribution in [0.15, 0.2) is 41.4 Å². The molecule has 27 heavy (non-hydrogen) atoms. The maximum Gasteiger partial charge on any atom is 0.149 e. The van der Waals surface area contributed by atoms with E-state index in [1.54, 1.807) is 12.3 Å². The number of nitrogens with zero attached hydrogens (tertiary/aromatic N) is 2. The number of anilines is 1. The van der Waals surface area contributed by atoms with E-state index >= 15 is 0 Å². The van der Waals surface area contributed by atoms with Crippen LogP contribution in [-0.2, 0) is 6.42 Å². The summed E-state index contributed by atoms with van der Waals surface area (Å²) in [5, 5.41) is 11.7. The molecule has 2 aliphatic rings. The van der Waals surface area contributed by atoms with Crippen molar-refractivity contribution in [3.05, 3.63) is 52.8 Å². The van der Waals surface area contributed by atoms with Crippen LogP contribution in [0.4, 0.5) is 15.8 Å². The van der Waals surface area contributed by atoms with Crippen molar-refractivity contribution in [2.75, 3.05) is 24.6 Å². The first kappa shape index (κ1) is 18.3. The monoisotopic (exact) mass is 388 g/mol. The highest BCUT2D eigenvalue weighted by molar-refractivity contribution is 6.33. The number of rotatable bonds is 4. The van der Waals surface area contributed by atoms with Gasteiger partial charge < -0.3 is 14.7 Å². The molecule has 0 spiro atoms. The van der Waals surface area contributed by atoms with E-state index in [4.69, 9.17) is 16.3 Å². The number of aliphatic hydroxyl groups is 1. The van der Waals surface area contributed by atoms with Gasteiger partial charge in [0.25, 0.3) is 0 Å². The van der Waals surface area contributed by atoms with E-state index in [1.165, 1.54) is 6.07 Å². The second kappa shape index (κ2) is 7.49. The van der Waals surface area contributed by atoms with Crippen molar-refractivity contribution in [1.82, 2.24) is 0 Å². The number of ether oxygens (including phenoxy) is 1. The van der Waals surface area contributed by atoms with Crippen LogP contribution in [-0.4, -0.2) is 36.6 Å². The van der Waals surface area contributed by atoms with Gasteiger partial charge in [0.05, 0.1) is 10.7 Å². The molecule has 2 heterocycles. The molecule has 0 bridgehead atoms. The Morgan fingerprint density at radius 1 is 1.19 bits per heavy atom. The van der Waals surface area contributed by atoms with Gasteiger partial charge in [0.1, 0.15) is 29.5 Å². The molecule has 0 unspecified atom stereocenters. The van der Waals surface area contributed by atoms with Crippen LogP contribution in [0.2, 0.25) is 5.02 Å². The molecule has 6 heteroatoms. The van der Waals surface area contributed by atoms with Crippen molar-refractivity contribution in [2.45, 2.75) is 31.3 Å². The van der Waals surface area contributed by atoms with Gasteiger partial charge in [-0.15, -0.1) is 0 Å². The average Bonchev–Trinajstić information content (AvgIpc) is 2.69. The van der Waals surface area contributed by atoms with Crippen molar-refractivity contribution < 1.29 is 14.2 Å². The minimum absolute atomic E-state index is 0.186. The van der Waals surface area contributed by atoms with Gasteiger partial charge >= 0.3 is 0 Å². The predicted molar refractivity (Wildman–Crippen MR) is 106 cm³/mol. The molecule has 4 nitrogen and oxygen atoms in total. The van der Waals surface area contributed by atoms with Gasteiger partial charge in [-0.1, -0.05) is 23.7 Å². The maximum atomic E-state index is 13.9. The standard InChI is InChI=1S/C21H22ClFN2O2/c22-16-5-1-2-6-18(16)25-12-9-21(26,10-13-25)14-27-19-8-7-17(23)20-15(19)4-3-11-24-20/h1-2,5-8,11,26H,3-4,9-10,12-14H2. The summed E-state index contributed by atoms with van der Waals surface area (Å²) in [6, 6.07) is 10.8. The lowest BCUT2D eigenvalue weighted by molar-refractivity contribution is -0.0243. The number of aliphatic imine (C=N–C) groups is 1. The Balaban J connectivity index is 1.41. The molecular weight excluding hydrogens is 367 g/mol. The number of fused-ring (bicyclic) bond motifs is 1. The third-order valence-electron chi connectivity index (χ3n) is 5.32. The third kappa shape index (κ3) is 3.80. The summed E-state index contributed by atoms with van der Waals surface area (Å²) >= 11 is 6.28. The lowest BCUT2D eigenvalue weighted by Gasteiger charge is -2.39. The quantitative estimate of drug-likeness (QED) is 0.836. The Hall–Kier alpha value is -2.11. The molecule has 0 aromatic heterocycles. The van der Waals surface area contributed by atoms with E-state index in [0.717, 1.165) is 22.7 Å². The fourth-order valence-electron chi connectivity index (χ4n) is 3.70. The second-order valence-electron chi connectivity index (χ2n) is 7.17. The second-order valence-corrected chi connectivity index (χ2v) is 7.58. The molecule has 2 aromatic carbocycles. The lowest BCUT2D eigenvalue weighted by Crippen LogP contribution is -2.48. The van der Waals surface area contributed by atoms with E-state index in [1.807, 2.05) is 24.3 Å². The van der Waals surface area contributed by atoms with Gasteiger partial charge in [-0.2, -0.15) is 0 Å². The average molecular weight is 389 g/mol. The van der Waals surface area contributed by atoms with E-state index in [0.29, 0.717) is 43.8 Å². The Kier molecular flexibility index (Phi) is 5.06. The summed E-state index contributed by atoms with van der Waals surface area (Å²) in [7, 11) is 0. The largest absolute Gasteiger partial charge is 0.490 e. The highest BCUT2D eigenvalue weighted by Gasteiger charge is 2.34. The normalized spacial score (nSPS) is 18.3. The van der Waals surface area contributed by atoms with Crippen LogP contribution < -0.4 is 9.64 Å². The summed E-state index contributed by atoms with van der Waals surface area (Å²) in [4.78, 5) is 6.34. The fourth-order valence-corrected chi connectivity index (χ4v) is 3.95. The SMILES string of the molecule is OC1(COc2ccc(F)c3c2CCC=N3)CCN(c2ccccc2Cl)CC1. The molecule has 0 radical (unpaired) electrons. The number of hydrogen-bond donors (Lipinski definition) is 1. The van der Waals surface area contributed by atoms with Crippen molar-refractivity contribution in [2.24, 2.45) is 4.99 Å². The number of hydrogen-bond acceptors (Lipinski definition) is 4. The van der Waals surface area contributed by atoms with Gasteiger partial charge in [0.2, 0.25) is 0 Å². The minimum Gasteiger partial charge on any atom is -0.490 e. The molecule has 0 amide bonds. The topological polar surface area (TPSA) is 45.1 Å². The van der Waals surface area contributed by atoms with Crippen LogP contribution >= 0.6 is 11.6 Å². The van der Waals surface area contributed by atoms with Crippen molar-refractivity contribution in [3.8, 4) is 5.75 Å². The Morgan fingerprint density at radius 2 is 1.96 bits per heavy atom. The summed E-state index contributed by atoms with van der Waals surface area (Å²) in [5.41, 5.74) is 1.23. The van der Waals surface area contributed by atoms with Crippen molar-refractivity contribution in [1.29, 1.82) is 0 Å². The predicted octanol–water partition coefficient (Wildman–Crippen LogP) is 4.54. The Labute approximate surface area is 163 Å². The zero-order valence-corrected chi connectivity index (χ0v) is 15.8. The molecule has 0 aliphatic carbocycles. The molecule has 1 fully saturated rings. The lowest BCUT2D eigenvalue weighted by atomic mass is 9.92. The van der Waals surface area contributed by atoms with Crippen LogP contribution in [0.25, 0.3) is 0 Å². The van der Waals surface area contributed by atoms with Crippen LogP contribution in [0, 0.1) is 5.82 Å². The first-order valence-corrected chi connectivity index (χ1v) is 9.62. The number of para-hydroxylation sites is 1. The van der Waals surface area contributed by atoms with Gasteiger partial charge in [-0.05, 0) is 49.9 Å². The zero-order chi connectivity index (χ0) is 18.9. The number of piperidine rings is 1. The van der Waals surface area contributed by atoms with Crippen molar-refractivity contribution >= 4 is 29.2 Å². The van der Waals surface area contributed by atoms with Crippen molar-refractivity contribution in [3.63, 3.8) is 0 Å².